The Hall–Kier alpha value is -0.950. The smallest absolute Gasteiger partial charge is 0.331 e. The molecule has 0 spiro atoms. The van der Waals surface area contributed by atoms with Gasteiger partial charge in [-0.3, -0.25) is 9.59 Å². The number of aliphatic carboxylic acids is 1. The van der Waals surface area contributed by atoms with Gasteiger partial charge >= 0.3 is 5.97 Å². The number of β-lactam (4-membered cyclic amide) rings is 1. The van der Waals surface area contributed by atoms with Crippen LogP contribution in [0.5, 0.6) is 0 Å². The maximum Gasteiger partial charge on any atom is 0.331 e. The van der Waals surface area contributed by atoms with Crippen molar-refractivity contribution in [2.45, 2.75) is 24.8 Å². The number of fused-ring (bicyclic) bond motifs is 1. The van der Waals surface area contributed by atoms with E-state index in [-0.39, 0.29) is 16.4 Å². The van der Waals surface area contributed by atoms with E-state index in [0.717, 1.165) is 11.8 Å². The minimum atomic E-state index is -1.01. The Morgan fingerprint density at radius 3 is 2.88 bits per heavy atom. The third-order valence-corrected chi connectivity index (χ3v) is 4.64. The van der Waals surface area contributed by atoms with Crippen LogP contribution in [0, 0.1) is 0 Å². The highest BCUT2D eigenvalue weighted by molar-refractivity contribution is 8.13. The lowest BCUT2D eigenvalue weighted by Gasteiger charge is -2.35. The maximum absolute atomic E-state index is 11.3. The predicted octanol–water partition coefficient (Wildman–Crippen LogP) is 0.908. The zero-order valence-corrected chi connectivity index (χ0v) is 10.7. The van der Waals surface area contributed by atoms with Gasteiger partial charge in [-0.25, -0.2) is 4.79 Å². The highest BCUT2D eigenvalue weighted by Gasteiger charge is 2.52. The monoisotopic (exact) mass is 273 g/mol. The maximum atomic E-state index is 11.3. The van der Waals surface area contributed by atoms with Crippen LogP contribution < -0.4 is 0 Å². The molecule has 17 heavy (non-hydrogen) atoms. The molecule has 0 aromatic rings. The molecule has 2 aliphatic heterocycles. The number of carboxylic acids is 1. The lowest BCUT2D eigenvalue weighted by molar-refractivity contribution is -0.154. The third-order valence-electron chi connectivity index (χ3n) is 2.57. The molecule has 0 aliphatic carbocycles. The van der Waals surface area contributed by atoms with Gasteiger partial charge in [0.25, 0.3) is 0 Å². The molecule has 2 atom stereocenters. The summed E-state index contributed by atoms with van der Waals surface area (Å²) >= 11 is 2.54. The zero-order valence-electron chi connectivity index (χ0n) is 9.08. The first kappa shape index (κ1) is 12.5. The molecule has 2 fully saturated rings. The molecule has 2 rings (SSSR count). The second-order valence-corrected chi connectivity index (χ2v) is 6.18. The predicted molar refractivity (Wildman–Crippen MR) is 65.5 cm³/mol. The van der Waals surface area contributed by atoms with Gasteiger partial charge in [-0.15, -0.1) is 11.8 Å². The van der Waals surface area contributed by atoms with Crippen LogP contribution in [-0.4, -0.2) is 44.2 Å². The van der Waals surface area contributed by atoms with Gasteiger partial charge in [0.2, 0.25) is 5.91 Å². The lowest BCUT2D eigenvalue weighted by Crippen LogP contribution is -2.53. The van der Waals surface area contributed by atoms with Crippen LogP contribution in [-0.2, 0) is 14.4 Å². The molecule has 2 heterocycles. The number of hydrogen-bond acceptors (Lipinski definition) is 5. The Kier molecular flexibility index (Phi) is 3.48. The molecule has 2 saturated heterocycles. The van der Waals surface area contributed by atoms with Crippen LogP contribution in [0.25, 0.3) is 0 Å². The van der Waals surface area contributed by atoms with Crippen molar-refractivity contribution < 1.29 is 19.5 Å². The fourth-order valence-electron chi connectivity index (χ4n) is 1.81. The number of amides is 1. The SMILES string of the molecule is CC(=O)SCC=C1SC2CC(=O)N2C1C(=O)O. The fourth-order valence-corrected chi connectivity index (χ4v) is 3.83. The summed E-state index contributed by atoms with van der Waals surface area (Å²) < 4.78 is 0. The molecule has 7 heteroatoms. The average Bonchev–Trinajstić information content (AvgIpc) is 2.50. The Labute approximate surface area is 107 Å². The van der Waals surface area contributed by atoms with Crippen LogP contribution in [0.2, 0.25) is 0 Å². The standard InChI is InChI=1S/C10H11NO4S2/c1-5(12)16-3-2-6-9(10(14)15)11-7(13)4-8(11)17-6/h2,8-9H,3-4H2,1H3,(H,14,15). The molecule has 92 valence electrons. The molecule has 0 saturated carbocycles. The number of carbonyl (C=O) groups is 3. The van der Waals surface area contributed by atoms with Crippen LogP contribution in [0.15, 0.2) is 11.0 Å². The normalized spacial score (nSPS) is 29.1. The molecule has 0 aromatic carbocycles. The van der Waals surface area contributed by atoms with Gasteiger partial charge in [-0.1, -0.05) is 17.8 Å². The Morgan fingerprint density at radius 2 is 2.35 bits per heavy atom. The molecule has 1 N–H and O–H groups in total. The van der Waals surface area contributed by atoms with Crippen molar-refractivity contribution in [2.24, 2.45) is 0 Å². The quantitative estimate of drug-likeness (QED) is 0.770. The highest BCUT2D eigenvalue weighted by Crippen LogP contribution is 2.46. The van der Waals surface area contributed by atoms with Gasteiger partial charge < -0.3 is 10.0 Å². The summed E-state index contributed by atoms with van der Waals surface area (Å²) in [6.45, 7) is 1.47. The summed E-state index contributed by atoms with van der Waals surface area (Å²) in [4.78, 5) is 35.3. The van der Waals surface area contributed by atoms with Gasteiger partial charge in [0.1, 0.15) is 0 Å². The van der Waals surface area contributed by atoms with Crippen molar-refractivity contribution in [3.8, 4) is 0 Å². The van der Waals surface area contributed by atoms with Crippen molar-refractivity contribution in [3.05, 3.63) is 11.0 Å². The Morgan fingerprint density at radius 1 is 1.65 bits per heavy atom. The first-order valence-electron chi connectivity index (χ1n) is 5.04. The number of rotatable bonds is 3. The third kappa shape index (κ3) is 2.35. The van der Waals surface area contributed by atoms with Crippen molar-refractivity contribution in [1.82, 2.24) is 4.90 Å². The van der Waals surface area contributed by atoms with E-state index < -0.39 is 12.0 Å². The van der Waals surface area contributed by atoms with Crippen LogP contribution >= 0.6 is 23.5 Å². The van der Waals surface area contributed by atoms with Crippen molar-refractivity contribution in [2.75, 3.05) is 5.75 Å². The second-order valence-electron chi connectivity index (χ2n) is 3.73. The molecule has 2 aliphatic rings. The highest BCUT2D eigenvalue weighted by atomic mass is 32.2. The van der Waals surface area contributed by atoms with Gasteiger partial charge in [-0.2, -0.15) is 0 Å². The lowest BCUT2D eigenvalue weighted by atomic mass is 10.1. The van der Waals surface area contributed by atoms with Gasteiger partial charge in [0.05, 0.1) is 11.8 Å². The van der Waals surface area contributed by atoms with Gasteiger partial charge in [0, 0.05) is 17.6 Å². The number of carboxylic acid groups (broad SMARTS) is 1. The Bertz CT molecular complexity index is 421. The van der Waals surface area contributed by atoms with E-state index in [1.54, 1.807) is 6.08 Å². The fraction of sp³-hybridized carbons (Fsp3) is 0.500. The number of carbonyl (C=O) groups excluding carboxylic acids is 2. The number of thioether (sulfide) groups is 2. The summed E-state index contributed by atoms with van der Waals surface area (Å²) in [7, 11) is 0. The first-order chi connectivity index (χ1) is 8.00. The number of nitrogens with zero attached hydrogens (tertiary/aromatic N) is 1. The minimum Gasteiger partial charge on any atom is -0.479 e. The van der Waals surface area contributed by atoms with Crippen molar-refractivity contribution in [1.29, 1.82) is 0 Å². The molecule has 2 unspecified atom stereocenters. The summed E-state index contributed by atoms with van der Waals surface area (Å²) in [6, 6.07) is -0.848. The summed E-state index contributed by atoms with van der Waals surface area (Å²) in [6.07, 6.45) is 2.15. The average molecular weight is 273 g/mol. The second kappa shape index (κ2) is 4.73. The first-order valence-corrected chi connectivity index (χ1v) is 6.91. The van der Waals surface area contributed by atoms with Crippen molar-refractivity contribution in [3.63, 3.8) is 0 Å². The van der Waals surface area contributed by atoms with Crippen molar-refractivity contribution >= 4 is 40.5 Å². The minimum absolute atomic E-state index is 0.00363. The molecule has 0 aromatic heterocycles. The summed E-state index contributed by atoms with van der Waals surface area (Å²) in [5.74, 6) is -0.666. The molecule has 5 nitrogen and oxygen atoms in total. The number of hydrogen-bond donors (Lipinski definition) is 1. The van der Waals surface area contributed by atoms with E-state index in [0.29, 0.717) is 17.1 Å². The van der Waals surface area contributed by atoms with Crippen LogP contribution in [0.4, 0.5) is 0 Å². The van der Waals surface area contributed by atoms with Gasteiger partial charge in [0.15, 0.2) is 11.2 Å². The molecular weight excluding hydrogens is 262 g/mol. The Balaban J connectivity index is 2.09. The van der Waals surface area contributed by atoms with E-state index in [1.165, 1.54) is 23.6 Å². The van der Waals surface area contributed by atoms with E-state index in [4.69, 9.17) is 5.11 Å². The topological polar surface area (TPSA) is 74.7 Å². The largest absolute Gasteiger partial charge is 0.479 e. The zero-order chi connectivity index (χ0) is 12.6. The molecule has 0 radical (unpaired) electrons. The van der Waals surface area contributed by atoms with Gasteiger partial charge in [-0.05, 0) is 0 Å². The summed E-state index contributed by atoms with van der Waals surface area (Å²) in [5.41, 5.74) is 0. The molecule has 0 bridgehead atoms. The molecule has 1 amide bonds. The van der Waals surface area contributed by atoms with Crippen LogP contribution in [0.3, 0.4) is 0 Å². The van der Waals surface area contributed by atoms with E-state index in [9.17, 15) is 14.4 Å². The summed E-state index contributed by atoms with van der Waals surface area (Å²) in [5, 5.41) is 9.08. The molecular formula is C10H11NO4S2. The van der Waals surface area contributed by atoms with E-state index in [1.807, 2.05) is 0 Å². The van der Waals surface area contributed by atoms with Crippen LogP contribution in [0.1, 0.15) is 13.3 Å². The van der Waals surface area contributed by atoms with E-state index >= 15 is 0 Å². The van der Waals surface area contributed by atoms with E-state index in [2.05, 4.69) is 0 Å².